The standard InChI is InChI=1S/C21H22N4O2/c1-24-14-15(13-22-24)19-12-20(25(23-19)16-7-5-4-6-8-16)18-11-17(26-2)9-10-21(18)27-3/h4-11,13-14,20H,12H2,1-3H3/t20-/m0/s1. The quantitative estimate of drug-likeness (QED) is 0.693. The van der Waals surface area contributed by atoms with E-state index in [-0.39, 0.29) is 6.04 Å². The molecular weight excluding hydrogens is 340 g/mol. The van der Waals surface area contributed by atoms with Gasteiger partial charge >= 0.3 is 0 Å². The summed E-state index contributed by atoms with van der Waals surface area (Å²) in [7, 11) is 5.28. The second-order valence-electron chi connectivity index (χ2n) is 6.46. The van der Waals surface area contributed by atoms with Crippen LogP contribution in [-0.2, 0) is 7.05 Å². The van der Waals surface area contributed by atoms with Gasteiger partial charge in [-0.1, -0.05) is 18.2 Å². The normalized spacial score (nSPS) is 16.3. The molecular formula is C21H22N4O2. The number of ether oxygens (including phenoxy) is 2. The van der Waals surface area contributed by atoms with Gasteiger partial charge in [0.05, 0.1) is 37.9 Å². The molecule has 3 aromatic rings. The summed E-state index contributed by atoms with van der Waals surface area (Å²) >= 11 is 0. The Labute approximate surface area is 158 Å². The lowest BCUT2D eigenvalue weighted by molar-refractivity contribution is 0.395. The van der Waals surface area contributed by atoms with Crippen LogP contribution in [0.4, 0.5) is 5.69 Å². The van der Waals surface area contributed by atoms with Gasteiger partial charge in [0.15, 0.2) is 0 Å². The van der Waals surface area contributed by atoms with E-state index in [0.29, 0.717) is 0 Å². The Kier molecular flexibility index (Phi) is 4.54. The van der Waals surface area contributed by atoms with E-state index in [1.54, 1.807) is 18.9 Å². The number of para-hydroxylation sites is 1. The summed E-state index contributed by atoms with van der Waals surface area (Å²) in [4.78, 5) is 0. The van der Waals surface area contributed by atoms with Crippen LogP contribution in [0.5, 0.6) is 11.5 Å². The summed E-state index contributed by atoms with van der Waals surface area (Å²) in [6.07, 6.45) is 4.60. The highest BCUT2D eigenvalue weighted by Gasteiger charge is 2.32. The van der Waals surface area contributed by atoms with Crippen LogP contribution in [0, 0.1) is 0 Å². The zero-order chi connectivity index (χ0) is 18.8. The molecule has 0 saturated heterocycles. The number of methoxy groups -OCH3 is 2. The molecule has 0 bridgehead atoms. The van der Waals surface area contributed by atoms with Crippen molar-refractivity contribution in [1.29, 1.82) is 0 Å². The first-order valence-corrected chi connectivity index (χ1v) is 8.82. The van der Waals surface area contributed by atoms with Crippen molar-refractivity contribution in [2.75, 3.05) is 19.2 Å². The van der Waals surface area contributed by atoms with Crippen LogP contribution < -0.4 is 14.5 Å². The van der Waals surface area contributed by atoms with Crippen LogP contribution in [0.25, 0.3) is 0 Å². The molecule has 6 heteroatoms. The van der Waals surface area contributed by atoms with E-state index in [1.807, 2.05) is 55.8 Å². The fourth-order valence-electron chi connectivity index (χ4n) is 3.42. The first kappa shape index (κ1) is 17.1. The van der Waals surface area contributed by atoms with E-state index in [9.17, 15) is 0 Å². The van der Waals surface area contributed by atoms with E-state index in [1.165, 1.54) is 0 Å². The van der Waals surface area contributed by atoms with E-state index in [4.69, 9.17) is 14.6 Å². The first-order valence-electron chi connectivity index (χ1n) is 8.82. The minimum Gasteiger partial charge on any atom is -0.497 e. The lowest BCUT2D eigenvalue weighted by Gasteiger charge is -2.25. The highest BCUT2D eigenvalue weighted by Crippen LogP contribution is 2.41. The van der Waals surface area contributed by atoms with E-state index >= 15 is 0 Å². The molecule has 0 amide bonds. The van der Waals surface area contributed by atoms with Crippen molar-refractivity contribution < 1.29 is 9.47 Å². The van der Waals surface area contributed by atoms with Crippen molar-refractivity contribution in [2.45, 2.75) is 12.5 Å². The average molecular weight is 362 g/mol. The summed E-state index contributed by atoms with van der Waals surface area (Å²) in [6.45, 7) is 0. The summed E-state index contributed by atoms with van der Waals surface area (Å²) in [5.74, 6) is 1.62. The Bertz CT molecular complexity index is 965. The Morgan fingerprint density at radius 2 is 1.85 bits per heavy atom. The molecule has 138 valence electrons. The fourth-order valence-corrected chi connectivity index (χ4v) is 3.42. The molecule has 0 N–H and O–H groups in total. The van der Waals surface area contributed by atoms with E-state index < -0.39 is 0 Å². The Morgan fingerprint density at radius 3 is 2.52 bits per heavy atom. The Morgan fingerprint density at radius 1 is 1.04 bits per heavy atom. The molecule has 0 spiro atoms. The van der Waals surface area contributed by atoms with Crippen LogP contribution >= 0.6 is 0 Å². The van der Waals surface area contributed by atoms with Crippen LogP contribution in [0.1, 0.15) is 23.6 Å². The van der Waals surface area contributed by atoms with Gasteiger partial charge in [-0.15, -0.1) is 0 Å². The SMILES string of the molecule is COc1ccc(OC)c([C@@H]2CC(c3cnn(C)c3)=NN2c2ccccc2)c1. The lowest BCUT2D eigenvalue weighted by atomic mass is 9.98. The maximum Gasteiger partial charge on any atom is 0.124 e. The Balaban J connectivity index is 1.79. The lowest BCUT2D eigenvalue weighted by Crippen LogP contribution is -2.19. The van der Waals surface area contributed by atoms with Gasteiger partial charge in [-0.3, -0.25) is 9.69 Å². The van der Waals surface area contributed by atoms with E-state index in [2.05, 4.69) is 22.2 Å². The van der Waals surface area contributed by atoms with Gasteiger partial charge in [-0.2, -0.15) is 10.2 Å². The molecule has 4 rings (SSSR count). The topological polar surface area (TPSA) is 51.9 Å². The number of hydrazone groups is 1. The first-order chi connectivity index (χ1) is 13.2. The average Bonchev–Trinajstić information content (AvgIpc) is 3.34. The predicted molar refractivity (Wildman–Crippen MR) is 106 cm³/mol. The fraction of sp³-hybridized carbons (Fsp3) is 0.238. The van der Waals surface area contributed by atoms with Crippen molar-refractivity contribution in [2.24, 2.45) is 12.1 Å². The molecule has 0 aliphatic carbocycles. The van der Waals surface area contributed by atoms with Crippen LogP contribution in [0.2, 0.25) is 0 Å². The molecule has 1 aliphatic heterocycles. The second-order valence-corrected chi connectivity index (χ2v) is 6.46. The van der Waals surface area contributed by atoms with Gasteiger partial charge in [-0.25, -0.2) is 0 Å². The molecule has 1 aromatic heterocycles. The van der Waals surface area contributed by atoms with Gasteiger partial charge in [-0.05, 0) is 30.3 Å². The van der Waals surface area contributed by atoms with Crippen molar-refractivity contribution >= 4 is 11.4 Å². The number of anilines is 1. The van der Waals surface area contributed by atoms with Gasteiger partial charge < -0.3 is 9.47 Å². The molecule has 27 heavy (non-hydrogen) atoms. The number of hydrogen-bond acceptors (Lipinski definition) is 5. The third-order valence-corrected chi connectivity index (χ3v) is 4.77. The highest BCUT2D eigenvalue weighted by atomic mass is 16.5. The number of aryl methyl sites for hydroxylation is 1. The molecule has 1 aliphatic rings. The van der Waals surface area contributed by atoms with E-state index in [0.717, 1.165) is 40.4 Å². The molecule has 2 heterocycles. The minimum absolute atomic E-state index is 0.00709. The summed E-state index contributed by atoms with van der Waals surface area (Å²) in [5, 5.41) is 11.3. The van der Waals surface area contributed by atoms with Crippen molar-refractivity contribution in [3.05, 3.63) is 72.1 Å². The predicted octanol–water partition coefficient (Wildman–Crippen LogP) is 3.79. The maximum atomic E-state index is 5.64. The van der Waals surface area contributed by atoms with Crippen molar-refractivity contribution in [3.63, 3.8) is 0 Å². The largest absolute Gasteiger partial charge is 0.497 e. The molecule has 2 aromatic carbocycles. The summed E-state index contributed by atoms with van der Waals surface area (Å²) < 4.78 is 12.9. The Hall–Kier alpha value is -3.28. The number of nitrogens with zero attached hydrogens (tertiary/aromatic N) is 4. The van der Waals surface area contributed by atoms with Crippen LogP contribution in [0.15, 0.2) is 66.0 Å². The zero-order valence-corrected chi connectivity index (χ0v) is 15.7. The number of benzene rings is 2. The zero-order valence-electron chi connectivity index (χ0n) is 15.7. The second kappa shape index (κ2) is 7.15. The molecule has 0 unspecified atom stereocenters. The number of aromatic nitrogens is 2. The summed E-state index contributed by atoms with van der Waals surface area (Å²) in [5.41, 5.74) is 4.11. The molecule has 1 atom stereocenters. The van der Waals surface area contributed by atoms with Crippen LogP contribution in [-0.4, -0.2) is 29.7 Å². The van der Waals surface area contributed by atoms with Crippen LogP contribution in [0.3, 0.4) is 0 Å². The molecule has 6 nitrogen and oxygen atoms in total. The van der Waals surface area contributed by atoms with Gasteiger partial charge in [0.2, 0.25) is 0 Å². The third kappa shape index (κ3) is 3.26. The smallest absolute Gasteiger partial charge is 0.124 e. The minimum atomic E-state index is 0.00709. The van der Waals surface area contributed by atoms with Gasteiger partial charge in [0, 0.05) is 30.8 Å². The highest BCUT2D eigenvalue weighted by molar-refractivity contribution is 6.03. The van der Waals surface area contributed by atoms with Crippen molar-refractivity contribution in [1.82, 2.24) is 9.78 Å². The van der Waals surface area contributed by atoms with Gasteiger partial charge in [0.1, 0.15) is 11.5 Å². The van der Waals surface area contributed by atoms with Crippen molar-refractivity contribution in [3.8, 4) is 11.5 Å². The molecule has 0 fully saturated rings. The monoisotopic (exact) mass is 362 g/mol. The number of rotatable bonds is 5. The summed E-state index contributed by atoms with van der Waals surface area (Å²) in [6, 6.07) is 16.1. The van der Waals surface area contributed by atoms with Gasteiger partial charge in [0.25, 0.3) is 0 Å². The number of hydrogen-bond donors (Lipinski definition) is 0. The molecule has 0 radical (unpaired) electrons. The maximum absolute atomic E-state index is 5.64. The molecule has 0 saturated carbocycles. The third-order valence-electron chi connectivity index (χ3n) is 4.77.